The number of rotatable bonds is 5. The Hall–Kier alpha value is -2.23. The average Bonchev–Trinajstić information content (AvgIpc) is 2.43. The fraction of sp³-hybridized carbons (Fsp3) is 0.529. The zero-order valence-electron chi connectivity index (χ0n) is 15.5. The molecule has 1 aliphatic carbocycles. The number of hydrogen-bond donors (Lipinski definition) is 2. The second kappa shape index (κ2) is 6.74. The van der Waals surface area contributed by atoms with Crippen LogP contribution in [-0.4, -0.2) is 47.7 Å². The number of carbonyl (C=O) groups is 1. The molecular formula is C17H23F2N3O4S. The van der Waals surface area contributed by atoms with Crippen LogP contribution in [0.1, 0.15) is 39.2 Å². The summed E-state index contributed by atoms with van der Waals surface area (Å²) in [5.74, 6) is -3.04. The molecule has 0 aromatic heterocycles. The molecule has 0 radical (unpaired) electrons. The zero-order valence-corrected chi connectivity index (χ0v) is 16.3. The molecule has 0 aliphatic heterocycles. The molecule has 2 rings (SSSR count). The van der Waals surface area contributed by atoms with Gasteiger partial charge in [0.05, 0.1) is 16.6 Å². The minimum Gasteiger partial charge on any atom is -0.465 e. The second-order valence-electron chi connectivity index (χ2n) is 7.77. The largest absolute Gasteiger partial charge is 0.465 e. The van der Waals surface area contributed by atoms with Crippen molar-refractivity contribution in [3.05, 3.63) is 29.8 Å². The molecule has 1 aromatic rings. The number of nitrogens with one attached hydrogen (secondary N) is 1. The molecule has 7 nitrogen and oxygen atoms in total. The van der Waals surface area contributed by atoms with E-state index in [1.807, 2.05) is 4.83 Å². The topological polar surface area (TPSA) is 99.1 Å². The van der Waals surface area contributed by atoms with Gasteiger partial charge in [0.15, 0.2) is 0 Å². The van der Waals surface area contributed by atoms with Crippen LogP contribution in [0.4, 0.5) is 13.6 Å². The van der Waals surface area contributed by atoms with Crippen LogP contribution in [-0.2, 0) is 10.0 Å². The summed E-state index contributed by atoms with van der Waals surface area (Å²) >= 11 is 0. The van der Waals surface area contributed by atoms with Gasteiger partial charge in [-0.25, -0.2) is 18.4 Å². The maximum atomic E-state index is 13.6. The SMILES string of the molecule is Cc1ccc(S(=O)(=O)NN=CC2(N(C(=O)O)C(C)(C)C)CC(F)(F)C2)cc1. The first kappa shape index (κ1) is 21.1. The second-order valence-corrected chi connectivity index (χ2v) is 9.43. The van der Waals surface area contributed by atoms with Gasteiger partial charge in [-0.1, -0.05) is 17.7 Å². The van der Waals surface area contributed by atoms with Crippen molar-refractivity contribution in [1.29, 1.82) is 0 Å². The van der Waals surface area contributed by atoms with Crippen molar-refractivity contribution < 1.29 is 27.1 Å². The highest BCUT2D eigenvalue weighted by molar-refractivity contribution is 7.89. The summed E-state index contributed by atoms with van der Waals surface area (Å²) in [7, 11) is -4.00. The number of hydrazone groups is 1. The van der Waals surface area contributed by atoms with E-state index in [1.54, 1.807) is 39.8 Å². The van der Waals surface area contributed by atoms with E-state index in [1.165, 1.54) is 12.1 Å². The maximum Gasteiger partial charge on any atom is 0.408 e. The number of amides is 1. The van der Waals surface area contributed by atoms with Gasteiger partial charge in [-0.2, -0.15) is 13.5 Å². The lowest BCUT2D eigenvalue weighted by Crippen LogP contribution is -2.69. The lowest BCUT2D eigenvalue weighted by Gasteiger charge is -2.54. The molecule has 0 unspecified atom stereocenters. The first-order chi connectivity index (χ1) is 12.2. The van der Waals surface area contributed by atoms with E-state index >= 15 is 0 Å². The summed E-state index contributed by atoms with van der Waals surface area (Å²) in [5, 5.41) is 13.1. The van der Waals surface area contributed by atoms with E-state index < -0.39 is 46.0 Å². The van der Waals surface area contributed by atoms with Crippen LogP contribution in [0, 0.1) is 6.92 Å². The summed E-state index contributed by atoms with van der Waals surface area (Å²) in [6.07, 6.45) is -1.96. The van der Waals surface area contributed by atoms with E-state index in [4.69, 9.17) is 0 Å². The van der Waals surface area contributed by atoms with Crippen molar-refractivity contribution in [2.45, 2.75) is 62.4 Å². The number of nitrogens with zero attached hydrogens (tertiary/aromatic N) is 2. The minimum atomic E-state index is -4.00. The molecule has 27 heavy (non-hydrogen) atoms. The van der Waals surface area contributed by atoms with Crippen LogP contribution in [0.2, 0.25) is 0 Å². The molecule has 0 heterocycles. The monoisotopic (exact) mass is 403 g/mol. The van der Waals surface area contributed by atoms with Crippen LogP contribution in [0.5, 0.6) is 0 Å². The van der Waals surface area contributed by atoms with Gasteiger partial charge in [0.25, 0.3) is 15.9 Å². The smallest absolute Gasteiger partial charge is 0.408 e. The highest BCUT2D eigenvalue weighted by atomic mass is 32.2. The third-order valence-electron chi connectivity index (χ3n) is 4.25. The maximum absolute atomic E-state index is 13.6. The third kappa shape index (κ3) is 4.55. The van der Waals surface area contributed by atoms with Crippen molar-refractivity contribution in [1.82, 2.24) is 9.73 Å². The number of aryl methyl sites for hydroxylation is 1. The fourth-order valence-corrected chi connectivity index (χ4v) is 4.07. The first-order valence-corrected chi connectivity index (χ1v) is 9.71. The summed E-state index contributed by atoms with van der Waals surface area (Å²) in [6.45, 7) is 6.52. The Morgan fingerprint density at radius 2 is 1.78 bits per heavy atom. The first-order valence-electron chi connectivity index (χ1n) is 8.22. The molecule has 1 saturated carbocycles. The molecule has 1 fully saturated rings. The Morgan fingerprint density at radius 3 is 2.19 bits per heavy atom. The normalized spacial score (nSPS) is 18.7. The van der Waals surface area contributed by atoms with Gasteiger partial charge in [-0.15, -0.1) is 0 Å². The van der Waals surface area contributed by atoms with E-state index in [-0.39, 0.29) is 4.90 Å². The van der Waals surface area contributed by atoms with E-state index in [2.05, 4.69) is 5.10 Å². The van der Waals surface area contributed by atoms with Crippen LogP contribution in [0.3, 0.4) is 0 Å². The number of sulfonamides is 1. The Morgan fingerprint density at radius 1 is 1.26 bits per heavy atom. The fourth-order valence-electron chi connectivity index (χ4n) is 3.28. The van der Waals surface area contributed by atoms with Crippen molar-refractivity contribution in [3.63, 3.8) is 0 Å². The van der Waals surface area contributed by atoms with Gasteiger partial charge in [0.1, 0.15) is 0 Å². The van der Waals surface area contributed by atoms with Gasteiger partial charge in [-0.05, 0) is 39.8 Å². The van der Waals surface area contributed by atoms with Crippen LogP contribution < -0.4 is 4.83 Å². The standard InChI is InChI=1S/C17H23F2N3O4S/c1-12-5-7-13(8-6-12)27(25,26)21-20-11-16(9-17(18,19)10-16)22(14(23)24)15(2,3)4/h5-8,11,21H,9-10H2,1-4H3,(H,23,24). The average molecular weight is 403 g/mol. The molecule has 1 aromatic carbocycles. The number of hydrogen-bond acceptors (Lipinski definition) is 4. The predicted molar refractivity (Wildman–Crippen MR) is 96.5 cm³/mol. The van der Waals surface area contributed by atoms with Gasteiger partial charge >= 0.3 is 6.09 Å². The lowest BCUT2D eigenvalue weighted by molar-refractivity contribution is -0.152. The van der Waals surface area contributed by atoms with E-state index in [0.29, 0.717) is 0 Å². The summed E-state index contributed by atoms with van der Waals surface area (Å²) in [4.78, 5) is 14.5. The highest BCUT2D eigenvalue weighted by Gasteiger charge is 2.62. The van der Waals surface area contributed by atoms with Crippen molar-refractivity contribution in [3.8, 4) is 0 Å². The summed E-state index contributed by atoms with van der Waals surface area (Å²) < 4.78 is 51.7. The highest BCUT2D eigenvalue weighted by Crippen LogP contribution is 2.50. The van der Waals surface area contributed by atoms with Crippen LogP contribution >= 0.6 is 0 Å². The number of carboxylic acid groups (broad SMARTS) is 1. The van der Waals surface area contributed by atoms with E-state index in [0.717, 1.165) is 16.7 Å². The van der Waals surface area contributed by atoms with Gasteiger partial charge in [-0.3, -0.25) is 4.90 Å². The Bertz CT molecular complexity index is 838. The Balaban J connectivity index is 2.29. The molecule has 0 spiro atoms. The summed E-state index contributed by atoms with van der Waals surface area (Å²) in [6, 6.07) is 5.99. The van der Waals surface area contributed by atoms with Crippen molar-refractivity contribution >= 4 is 22.3 Å². The zero-order chi connectivity index (χ0) is 20.7. The Labute approximate surface area is 157 Å². The van der Waals surface area contributed by atoms with Gasteiger partial charge in [0.2, 0.25) is 0 Å². The lowest BCUT2D eigenvalue weighted by atomic mass is 9.71. The molecule has 1 amide bonds. The third-order valence-corrected chi connectivity index (χ3v) is 5.48. The van der Waals surface area contributed by atoms with Crippen molar-refractivity contribution in [2.24, 2.45) is 5.10 Å². The van der Waals surface area contributed by atoms with Gasteiger partial charge in [0, 0.05) is 18.4 Å². The predicted octanol–water partition coefficient (Wildman–Crippen LogP) is 3.21. The van der Waals surface area contributed by atoms with Gasteiger partial charge < -0.3 is 5.11 Å². The van der Waals surface area contributed by atoms with Crippen LogP contribution in [0.25, 0.3) is 0 Å². The minimum absolute atomic E-state index is 0.0378. The molecule has 2 N–H and O–H groups in total. The quantitative estimate of drug-likeness (QED) is 0.582. The number of benzene rings is 1. The summed E-state index contributed by atoms with van der Waals surface area (Å²) in [5.41, 5.74) is -1.71. The Kier molecular flexibility index (Phi) is 5.26. The van der Waals surface area contributed by atoms with E-state index in [9.17, 15) is 27.1 Å². The molecule has 0 saturated heterocycles. The van der Waals surface area contributed by atoms with Crippen molar-refractivity contribution in [2.75, 3.05) is 0 Å². The molecule has 150 valence electrons. The molecule has 10 heteroatoms. The number of alkyl halides is 2. The molecular weight excluding hydrogens is 380 g/mol. The molecule has 1 aliphatic rings. The molecule has 0 atom stereocenters. The van der Waals surface area contributed by atoms with Crippen LogP contribution in [0.15, 0.2) is 34.3 Å². The molecule has 0 bridgehead atoms. The number of halogens is 2.